The van der Waals surface area contributed by atoms with Crippen molar-refractivity contribution < 1.29 is 9.59 Å². The first-order chi connectivity index (χ1) is 14.1. The van der Waals surface area contributed by atoms with Crippen molar-refractivity contribution in [3.63, 3.8) is 0 Å². The summed E-state index contributed by atoms with van der Waals surface area (Å²) < 4.78 is 0. The van der Waals surface area contributed by atoms with Gasteiger partial charge in [-0.2, -0.15) is 10.2 Å². The van der Waals surface area contributed by atoms with Gasteiger partial charge in [0, 0.05) is 38.2 Å². The van der Waals surface area contributed by atoms with Crippen LogP contribution in [0.25, 0.3) is 0 Å². The lowest BCUT2D eigenvalue weighted by Gasteiger charge is -2.32. The summed E-state index contributed by atoms with van der Waals surface area (Å²) in [7, 11) is 0. The number of carbonyl (C=O) groups excluding carboxylic acids is 2. The fourth-order valence-electron chi connectivity index (χ4n) is 4.22. The molecule has 0 aromatic carbocycles. The molecule has 2 fully saturated rings. The van der Waals surface area contributed by atoms with Gasteiger partial charge in [0.05, 0.1) is 17.5 Å². The van der Waals surface area contributed by atoms with Crippen LogP contribution in [0.2, 0.25) is 0 Å². The molecule has 2 aliphatic heterocycles. The van der Waals surface area contributed by atoms with Gasteiger partial charge in [-0.05, 0) is 31.7 Å². The highest BCUT2D eigenvalue weighted by Crippen LogP contribution is 2.30. The van der Waals surface area contributed by atoms with Gasteiger partial charge < -0.3 is 9.80 Å². The standard InChI is InChI=1S/C20H26N6O3/c27-17-6-5-16(22-23-17)20(29)26-11-7-14(8-12-26)18-15(13-21-24-18)19(28)25-9-3-1-2-4-10-25/h5-6,13-14H,1-4,7-12H2,(H,21,24)(H,23,27). The Morgan fingerprint density at radius 2 is 1.59 bits per heavy atom. The Balaban J connectivity index is 1.41. The Hall–Kier alpha value is -2.97. The minimum absolute atomic E-state index is 0.0617. The van der Waals surface area contributed by atoms with Crippen molar-refractivity contribution in [1.29, 1.82) is 0 Å². The van der Waals surface area contributed by atoms with E-state index in [2.05, 4.69) is 20.4 Å². The van der Waals surface area contributed by atoms with Crippen LogP contribution >= 0.6 is 0 Å². The van der Waals surface area contributed by atoms with E-state index in [0.717, 1.165) is 44.5 Å². The normalized spacial score (nSPS) is 18.5. The minimum atomic E-state index is -0.332. The van der Waals surface area contributed by atoms with Gasteiger partial charge in [0.25, 0.3) is 17.4 Å². The number of nitrogens with one attached hydrogen (secondary N) is 2. The van der Waals surface area contributed by atoms with Crippen LogP contribution in [0.5, 0.6) is 0 Å². The van der Waals surface area contributed by atoms with Gasteiger partial charge >= 0.3 is 0 Å². The summed E-state index contributed by atoms with van der Waals surface area (Å²) in [6.07, 6.45) is 7.60. The van der Waals surface area contributed by atoms with E-state index >= 15 is 0 Å². The number of nitrogens with zero attached hydrogens (tertiary/aromatic N) is 4. The average molecular weight is 398 g/mol. The topological polar surface area (TPSA) is 115 Å². The molecule has 2 amide bonds. The largest absolute Gasteiger partial charge is 0.339 e. The molecular formula is C20H26N6O3. The van der Waals surface area contributed by atoms with Crippen LogP contribution in [-0.2, 0) is 0 Å². The molecule has 9 heteroatoms. The number of piperidine rings is 1. The van der Waals surface area contributed by atoms with Crippen molar-refractivity contribution in [2.45, 2.75) is 44.4 Å². The smallest absolute Gasteiger partial charge is 0.274 e. The lowest BCUT2D eigenvalue weighted by Crippen LogP contribution is -2.39. The molecule has 0 atom stereocenters. The fraction of sp³-hybridized carbons (Fsp3) is 0.550. The van der Waals surface area contributed by atoms with E-state index in [4.69, 9.17) is 0 Å². The molecule has 0 spiro atoms. The summed E-state index contributed by atoms with van der Waals surface area (Å²) in [6, 6.07) is 2.75. The maximum absolute atomic E-state index is 13.0. The Kier molecular flexibility index (Phi) is 5.73. The molecule has 2 aromatic heterocycles. The highest BCUT2D eigenvalue weighted by molar-refractivity contribution is 5.95. The zero-order valence-corrected chi connectivity index (χ0v) is 16.4. The first-order valence-corrected chi connectivity index (χ1v) is 10.3. The van der Waals surface area contributed by atoms with Crippen molar-refractivity contribution in [2.75, 3.05) is 26.2 Å². The molecule has 2 saturated heterocycles. The molecule has 0 saturated carbocycles. The first kappa shape index (κ1) is 19.4. The lowest BCUT2D eigenvalue weighted by atomic mass is 9.91. The highest BCUT2D eigenvalue weighted by atomic mass is 16.2. The second kappa shape index (κ2) is 8.59. The Morgan fingerprint density at radius 3 is 2.24 bits per heavy atom. The van der Waals surface area contributed by atoms with Crippen LogP contribution in [0.4, 0.5) is 0 Å². The molecule has 4 heterocycles. The molecule has 4 rings (SSSR count). The second-order valence-corrected chi connectivity index (χ2v) is 7.78. The fourth-order valence-corrected chi connectivity index (χ4v) is 4.22. The third kappa shape index (κ3) is 4.23. The molecule has 29 heavy (non-hydrogen) atoms. The maximum Gasteiger partial charge on any atom is 0.274 e. The summed E-state index contributed by atoms with van der Waals surface area (Å²) in [6.45, 7) is 2.76. The minimum Gasteiger partial charge on any atom is -0.339 e. The van der Waals surface area contributed by atoms with Gasteiger partial charge in [0.15, 0.2) is 0 Å². The second-order valence-electron chi connectivity index (χ2n) is 7.78. The maximum atomic E-state index is 13.0. The number of H-pyrrole nitrogens is 2. The van der Waals surface area contributed by atoms with E-state index in [1.807, 2.05) is 4.90 Å². The molecule has 2 N–H and O–H groups in total. The Bertz CT molecular complexity index is 900. The average Bonchev–Trinajstić information content (AvgIpc) is 3.08. The lowest BCUT2D eigenvalue weighted by molar-refractivity contribution is 0.0698. The molecule has 0 bridgehead atoms. The predicted molar refractivity (Wildman–Crippen MR) is 106 cm³/mol. The molecule has 0 aliphatic carbocycles. The van der Waals surface area contributed by atoms with Crippen molar-refractivity contribution in [2.24, 2.45) is 0 Å². The Morgan fingerprint density at radius 1 is 0.897 bits per heavy atom. The number of aromatic amines is 2. The highest BCUT2D eigenvalue weighted by Gasteiger charge is 2.30. The van der Waals surface area contributed by atoms with Crippen molar-refractivity contribution >= 4 is 11.8 Å². The van der Waals surface area contributed by atoms with E-state index in [9.17, 15) is 14.4 Å². The number of likely N-dealkylation sites (tertiary alicyclic amines) is 2. The summed E-state index contributed by atoms with van der Waals surface area (Å²) in [4.78, 5) is 40.4. The number of aromatic nitrogens is 4. The summed E-state index contributed by atoms with van der Waals surface area (Å²) in [5.41, 5.74) is 1.45. The van der Waals surface area contributed by atoms with Crippen LogP contribution in [0.3, 0.4) is 0 Å². The van der Waals surface area contributed by atoms with Gasteiger partial charge in [-0.15, -0.1) is 0 Å². The molecular weight excluding hydrogens is 372 g/mol. The quantitative estimate of drug-likeness (QED) is 0.814. The molecule has 9 nitrogen and oxygen atoms in total. The van der Waals surface area contributed by atoms with Crippen LogP contribution in [0.1, 0.15) is 71.0 Å². The van der Waals surface area contributed by atoms with Crippen LogP contribution in [-0.4, -0.2) is 68.2 Å². The van der Waals surface area contributed by atoms with E-state index < -0.39 is 0 Å². The first-order valence-electron chi connectivity index (χ1n) is 10.3. The van der Waals surface area contributed by atoms with Crippen LogP contribution < -0.4 is 5.56 Å². The molecule has 0 radical (unpaired) electrons. The summed E-state index contributed by atoms with van der Waals surface area (Å²) >= 11 is 0. The van der Waals surface area contributed by atoms with Crippen molar-refractivity contribution in [1.82, 2.24) is 30.2 Å². The van der Waals surface area contributed by atoms with Crippen molar-refractivity contribution in [3.05, 3.63) is 45.6 Å². The van der Waals surface area contributed by atoms with Gasteiger partial charge in [0.1, 0.15) is 5.69 Å². The zero-order valence-electron chi connectivity index (χ0n) is 16.4. The van der Waals surface area contributed by atoms with Gasteiger partial charge in [-0.1, -0.05) is 12.8 Å². The van der Waals surface area contributed by atoms with Crippen LogP contribution in [0, 0.1) is 0 Å². The van der Waals surface area contributed by atoms with Crippen molar-refractivity contribution in [3.8, 4) is 0 Å². The third-order valence-corrected chi connectivity index (χ3v) is 5.88. The van der Waals surface area contributed by atoms with E-state index in [1.165, 1.54) is 25.0 Å². The summed E-state index contributed by atoms with van der Waals surface area (Å²) in [5.74, 6) is 0.0350. The molecule has 154 valence electrons. The number of hydrogen-bond acceptors (Lipinski definition) is 5. The van der Waals surface area contributed by atoms with E-state index in [-0.39, 0.29) is 29.0 Å². The SMILES string of the molecule is O=C(c1ccc(=O)[nH]n1)N1CCC(c2[nH]ncc2C(=O)N2CCCCCC2)CC1. The summed E-state index contributed by atoms with van der Waals surface area (Å²) in [5, 5.41) is 13.3. The van der Waals surface area contributed by atoms with E-state index in [0.29, 0.717) is 18.7 Å². The monoisotopic (exact) mass is 398 g/mol. The molecule has 0 unspecified atom stereocenters. The molecule has 2 aromatic rings. The van der Waals surface area contributed by atoms with E-state index in [1.54, 1.807) is 11.1 Å². The van der Waals surface area contributed by atoms with Gasteiger partial charge in [-0.25, -0.2) is 5.10 Å². The Labute approximate surface area is 168 Å². The van der Waals surface area contributed by atoms with Gasteiger partial charge in [-0.3, -0.25) is 19.5 Å². The molecule has 2 aliphatic rings. The number of rotatable bonds is 3. The third-order valence-electron chi connectivity index (χ3n) is 5.88. The number of hydrogen-bond donors (Lipinski definition) is 2. The zero-order chi connectivity index (χ0) is 20.2. The predicted octanol–water partition coefficient (Wildman–Crippen LogP) is 1.53. The van der Waals surface area contributed by atoms with Gasteiger partial charge in [0.2, 0.25) is 0 Å². The number of amides is 2. The number of carbonyl (C=O) groups is 2. The van der Waals surface area contributed by atoms with Crippen LogP contribution in [0.15, 0.2) is 23.1 Å².